The fourth-order valence-electron chi connectivity index (χ4n) is 2.75. The Morgan fingerprint density at radius 2 is 1.68 bits per heavy atom. The number of thioether (sulfide) groups is 1. The normalized spacial score (nSPS) is 15.2. The lowest BCUT2D eigenvalue weighted by molar-refractivity contribution is -0.113. The van der Waals surface area contributed by atoms with Crippen molar-refractivity contribution < 1.29 is 23.8 Å². The summed E-state index contributed by atoms with van der Waals surface area (Å²) in [6.07, 6.45) is 1.68. The Kier molecular flexibility index (Phi) is 6.26. The molecule has 1 aliphatic rings. The van der Waals surface area contributed by atoms with E-state index in [9.17, 15) is 9.59 Å². The monoisotopic (exact) mass is 399 g/mol. The summed E-state index contributed by atoms with van der Waals surface area (Å²) in [4.78, 5) is 26.7. The fourth-order valence-corrected chi connectivity index (χ4v) is 3.59. The maximum atomic E-state index is 12.8. The Labute approximate surface area is 168 Å². The quantitative estimate of drug-likeness (QED) is 0.627. The molecule has 0 N–H and O–H groups in total. The van der Waals surface area contributed by atoms with Gasteiger partial charge in [0.15, 0.2) is 11.5 Å². The standard InChI is InChI=1S/C21H21NO5S/c1-4-26-16-9-7-15(8-10-16)22-20(23)19(28-21(22)24)13-14-6-11-17(27-5-2)18(12-14)25-3/h6-13H,4-5H2,1-3H3/b19-13+. The highest BCUT2D eigenvalue weighted by molar-refractivity contribution is 8.19. The van der Waals surface area contributed by atoms with E-state index in [0.29, 0.717) is 41.1 Å². The Bertz CT molecular complexity index is 908. The Morgan fingerprint density at radius 1 is 0.964 bits per heavy atom. The molecule has 0 saturated carbocycles. The zero-order chi connectivity index (χ0) is 20.1. The minimum absolute atomic E-state index is 0.335. The van der Waals surface area contributed by atoms with E-state index in [-0.39, 0.29) is 11.1 Å². The lowest BCUT2D eigenvalue weighted by Gasteiger charge is -2.13. The second-order valence-corrected chi connectivity index (χ2v) is 6.78. The van der Waals surface area contributed by atoms with Gasteiger partial charge in [-0.05, 0) is 73.6 Å². The number of benzene rings is 2. The van der Waals surface area contributed by atoms with Gasteiger partial charge >= 0.3 is 0 Å². The van der Waals surface area contributed by atoms with E-state index in [1.807, 2.05) is 19.9 Å². The molecule has 28 heavy (non-hydrogen) atoms. The van der Waals surface area contributed by atoms with Gasteiger partial charge in [0.2, 0.25) is 0 Å². The molecule has 6 nitrogen and oxygen atoms in total. The van der Waals surface area contributed by atoms with Gasteiger partial charge in [-0.15, -0.1) is 0 Å². The molecule has 2 amide bonds. The summed E-state index contributed by atoms with van der Waals surface area (Å²) in [5, 5.41) is -0.335. The molecule has 0 aromatic heterocycles. The summed E-state index contributed by atoms with van der Waals surface area (Å²) >= 11 is 0.909. The van der Waals surface area contributed by atoms with Gasteiger partial charge in [-0.25, -0.2) is 4.90 Å². The Morgan fingerprint density at radius 3 is 2.32 bits per heavy atom. The third kappa shape index (κ3) is 4.14. The number of amides is 2. The molecule has 0 atom stereocenters. The molecule has 7 heteroatoms. The van der Waals surface area contributed by atoms with Gasteiger partial charge in [0.25, 0.3) is 11.1 Å². The molecule has 0 spiro atoms. The molecule has 146 valence electrons. The molecule has 0 radical (unpaired) electrons. The van der Waals surface area contributed by atoms with E-state index in [4.69, 9.17) is 14.2 Å². The van der Waals surface area contributed by atoms with Crippen LogP contribution in [0.1, 0.15) is 19.4 Å². The molecule has 0 aliphatic carbocycles. The summed E-state index contributed by atoms with van der Waals surface area (Å²) < 4.78 is 16.2. The predicted octanol–water partition coefficient (Wildman–Crippen LogP) is 4.73. The minimum atomic E-state index is -0.355. The van der Waals surface area contributed by atoms with Crippen molar-refractivity contribution >= 4 is 34.7 Å². The molecule has 0 unspecified atom stereocenters. The first kappa shape index (κ1) is 19.8. The second kappa shape index (κ2) is 8.84. The molecule has 0 bridgehead atoms. The average molecular weight is 399 g/mol. The topological polar surface area (TPSA) is 65.1 Å². The number of hydrogen-bond acceptors (Lipinski definition) is 6. The van der Waals surface area contributed by atoms with E-state index in [1.54, 1.807) is 49.6 Å². The fraction of sp³-hybridized carbons (Fsp3) is 0.238. The van der Waals surface area contributed by atoms with Crippen molar-refractivity contribution in [3.8, 4) is 17.2 Å². The summed E-state index contributed by atoms with van der Waals surface area (Å²) in [7, 11) is 1.56. The van der Waals surface area contributed by atoms with Crippen molar-refractivity contribution in [3.63, 3.8) is 0 Å². The van der Waals surface area contributed by atoms with Crippen LogP contribution in [-0.2, 0) is 4.79 Å². The smallest absolute Gasteiger partial charge is 0.298 e. The first-order valence-corrected chi connectivity index (χ1v) is 9.70. The van der Waals surface area contributed by atoms with Crippen molar-refractivity contribution in [2.45, 2.75) is 13.8 Å². The number of carbonyl (C=O) groups excluding carboxylic acids is 2. The zero-order valence-corrected chi connectivity index (χ0v) is 16.7. The maximum absolute atomic E-state index is 12.8. The zero-order valence-electron chi connectivity index (χ0n) is 15.9. The van der Waals surface area contributed by atoms with Gasteiger partial charge in [-0.3, -0.25) is 9.59 Å². The van der Waals surface area contributed by atoms with E-state index in [1.165, 1.54) is 0 Å². The SMILES string of the molecule is CCOc1ccc(N2C(=O)S/C(=C/c3ccc(OCC)c(OC)c3)C2=O)cc1. The molecular formula is C21H21NO5S. The average Bonchev–Trinajstić information content (AvgIpc) is 2.97. The lowest BCUT2D eigenvalue weighted by atomic mass is 10.2. The number of ether oxygens (including phenoxy) is 3. The number of rotatable bonds is 7. The van der Waals surface area contributed by atoms with Crippen LogP contribution in [0.25, 0.3) is 6.08 Å². The van der Waals surface area contributed by atoms with Crippen LogP contribution >= 0.6 is 11.8 Å². The molecule has 1 heterocycles. The van der Waals surface area contributed by atoms with Gasteiger partial charge in [-0.1, -0.05) is 6.07 Å². The number of anilines is 1. The first-order chi connectivity index (χ1) is 13.6. The molecule has 1 fully saturated rings. The van der Waals surface area contributed by atoms with Gasteiger partial charge in [0, 0.05) is 0 Å². The highest BCUT2D eigenvalue weighted by Crippen LogP contribution is 2.37. The van der Waals surface area contributed by atoms with Crippen LogP contribution in [0.5, 0.6) is 17.2 Å². The van der Waals surface area contributed by atoms with Crippen LogP contribution < -0.4 is 19.1 Å². The van der Waals surface area contributed by atoms with Crippen LogP contribution in [-0.4, -0.2) is 31.5 Å². The Hall–Kier alpha value is -2.93. The van der Waals surface area contributed by atoms with E-state index in [2.05, 4.69) is 0 Å². The molecule has 2 aromatic rings. The summed E-state index contributed by atoms with van der Waals surface area (Å²) in [6.45, 7) is 4.86. The van der Waals surface area contributed by atoms with Crippen molar-refractivity contribution in [2.24, 2.45) is 0 Å². The summed E-state index contributed by atoms with van der Waals surface area (Å²) in [6, 6.07) is 12.2. The van der Waals surface area contributed by atoms with Crippen molar-refractivity contribution in [2.75, 3.05) is 25.2 Å². The summed E-state index contributed by atoms with van der Waals surface area (Å²) in [5.41, 5.74) is 1.26. The minimum Gasteiger partial charge on any atom is -0.494 e. The molecule has 2 aromatic carbocycles. The highest BCUT2D eigenvalue weighted by atomic mass is 32.2. The summed E-state index contributed by atoms with van der Waals surface area (Å²) in [5.74, 6) is 1.54. The van der Waals surface area contributed by atoms with E-state index in [0.717, 1.165) is 22.2 Å². The largest absolute Gasteiger partial charge is 0.494 e. The molecule has 1 aliphatic heterocycles. The number of imide groups is 1. The van der Waals surface area contributed by atoms with E-state index >= 15 is 0 Å². The van der Waals surface area contributed by atoms with Gasteiger partial charge in [0.1, 0.15) is 5.75 Å². The van der Waals surface area contributed by atoms with Crippen LogP contribution in [0, 0.1) is 0 Å². The number of methoxy groups -OCH3 is 1. The molecule has 1 saturated heterocycles. The van der Waals surface area contributed by atoms with Crippen LogP contribution in [0.3, 0.4) is 0 Å². The van der Waals surface area contributed by atoms with Crippen molar-refractivity contribution in [3.05, 3.63) is 52.9 Å². The van der Waals surface area contributed by atoms with Crippen molar-refractivity contribution in [1.29, 1.82) is 0 Å². The highest BCUT2D eigenvalue weighted by Gasteiger charge is 2.36. The third-order valence-electron chi connectivity index (χ3n) is 3.98. The molecular weight excluding hydrogens is 378 g/mol. The number of nitrogens with zero attached hydrogens (tertiary/aromatic N) is 1. The van der Waals surface area contributed by atoms with Crippen molar-refractivity contribution in [1.82, 2.24) is 0 Å². The van der Waals surface area contributed by atoms with Crippen LogP contribution in [0.4, 0.5) is 10.5 Å². The lowest BCUT2D eigenvalue weighted by Crippen LogP contribution is -2.27. The maximum Gasteiger partial charge on any atom is 0.298 e. The first-order valence-electron chi connectivity index (χ1n) is 8.89. The Balaban J connectivity index is 1.84. The van der Waals surface area contributed by atoms with Crippen LogP contribution in [0.2, 0.25) is 0 Å². The number of carbonyl (C=O) groups is 2. The molecule has 3 rings (SSSR count). The van der Waals surface area contributed by atoms with Crippen LogP contribution in [0.15, 0.2) is 47.4 Å². The predicted molar refractivity (Wildman–Crippen MR) is 110 cm³/mol. The third-order valence-corrected chi connectivity index (χ3v) is 4.85. The van der Waals surface area contributed by atoms with Gasteiger partial charge < -0.3 is 14.2 Å². The van der Waals surface area contributed by atoms with E-state index < -0.39 is 0 Å². The second-order valence-electron chi connectivity index (χ2n) is 5.79. The van der Waals surface area contributed by atoms with Gasteiger partial charge in [0.05, 0.1) is 30.9 Å². The number of hydrogen-bond donors (Lipinski definition) is 0. The van der Waals surface area contributed by atoms with Gasteiger partial charge in [-0.2, -0.15) is 0 Å².